The van der Waals surface area contributed by atoms with Gasteiger partial charge in [-0.05, 0) is 60.1 Å². The molecule has 0 fully saturated rings. The normalized spacial score (nSPS) is 14.2. The minimum atomic E-state index is -0.858. The summed E-state index contributed by atoms with van der Waals surface area (Å²) < 4.78 is 1.05. The number of nitrogens with zero attached hydrogens (tertiary/aromatic N) is 1. The van der Waals surface area contributed by atoms with Crippen LogP contribution in [0.3, 0.4) is 0 Å². The quantitative estimate of drug-likeness (QED) is 0.403. The van der Waals surface area contributed by atoms with Crippen molar-refractivity contribution in [1.82, 2.24) is 0 Å². The van der Waals surface area contributed by atoms with E-state index in [0.717, 1.165) is 28.4 Å². The van der Waals surface area contributed by atoms with E-state index >= 15 is 0 Å². The number of aliphatic carboxylic acids is 1. The van der Waals surface area contributed by atoms with E-state index in [-0.39, 0.29) is 5.54 Å². The van der Waals surface area contributed by atoms with Crippen LogP contribution in [0.5, 0.6) is 0 Å². The molecule has 21 heavy (non-hydrogen) atoms. The van der Waals surface area contributed by atoms with Crippen molar-refractivity contribution in [3.05, 3.63) is 44.8 Å². The Morgan fingerprint density at radius 2 is 1.90 bits per heavy atom. The van der Waals surface area contributed by atoms with Crippen LogP contribution in [0.1, 0.15) is 52.0 Å². The highest BCUT2D eigenvalue weighted by molar-refractivity contribution is 14.1. The first-order valence-corrected chi connectivity index (χ1v) is 8.17. The summed E-state index contributed by atoms with van der Waals surface area (Å²) >= 11 is 2.20. The zero-order valence-corrected chi connectivity index (χ0v) is 15.0. The lowest BCUT2D eigenvalue weighted by atomic mass is 9.78. The predicted molar refractivity (Wildman–Crippen MR) is 93.3 cm³/mol. The van der Waals surface area contributed by atoms with Crippen molar-refractivity contribution >= 4 is 28.6 Å². The molecule has 3 nitrogen and oxygen atoms in total. The molecule has 4 heteroatoms. The first kappa shape index (κ1) is 18.0. The van der Waals surface area contributed by atoms with Crippen molar-refractivity contribution in [1.29, 1.82) is 0 Å². The molecule has 1 aromatic carbocycles. The fourth-order valence-electron chi connectivity index (χ4n) is 2.30. The van der Waals surface area contributed by atoms with Gasteiger partial charge in [0.05, 0.1) is 5.41 Å². The second-order valence-corrected chi connectivity index (χ2v) is 7.52. The van der Waals surface area contributed by atoms with Crippen LogP contribution in [-0.2, 0) is 10.2 Å². The van der Waals surface area contributed by atoms with E-state index in [0.29, 0.717) is 6.42 Å². The molecule has 0 spiro atoms. The number of rotatable bonds is 7. The average Bonchev–Trinajstić information content (AvgIpc) is 2.43. The van der Waals surface area contributed by atoms with Gasteiger partial charge in [-0.15, -0.1) is 0 Å². The molecule has 114 valence electrons. The number of hydrogen-bond donors (Lipinski definition) is 1. The molecule has 0 aromatic heterocycles. The Morgan fingerprint density at radius 1 is 1.29 bits per heavy atom. The zero-order chi connectivity index (χ0) is 16.1. The third-order valence-electron chi connectivity index (χ3n) is 3.95. The summed E-state index contributed by atoms with van der Waals surface area (Å²) in [5, 5.41) is 9.63. The van der Waals surface area contributed by atoms with Crippen LogP contribution >= 0.6 is 22.6 Å². The zero-order valence-electron chi connectivity index (χ0n) is 12.8. The van der Waals surface area contributed by atoms with Crippen molar-refractivity contribution in [3.63, 3.8) is 0 Å². The first-order valence-electron chi connectivity index (χ1n) is 7.09. The van der Waals surface area contributed by atoms with E-state index in [4.69, 9.17) is 6.57 Å². The van der Waals surface area contributed by atoms with Gasteiger partial charge < -0.3 is 9.95 Å². The van der Waals surface area contributed by atoms with Crippen molar-refractivity contribution in [2.24, 2.45) is 0 Å². The van der Waals surface area contributed by atoms with E-state index < -0.39 is 11.4 Å². The monoisotopic (exact) mass is 399 g/mol. The van der Waals surface area contributed by atoms with Crippen LogP contribution < -0.4 is 0 Å². The maximum absolute atomic E-state index is 11.7. The minimum Gasteiger partial charge on any atom is -0.481 e. The Balaban J connectivity index is 2.75. The fraction of sp³-hybridized carbons (Fsp3) is 0.529. The number of halogens is 1. The van der Waals surface area contributed by atoms with Crippen LogP contribution in [0.25, 0.3) is 4.85 Å². The van der Waals surface area contributed by atoms with E-state index in [1.165, 1.54) is 0 Å². The molecule has 1 unspecified atom stereocenters. The molecule has 1 atom stereocenters. The van der Waals surface area contributed by atoms with Crippen molar-refractivity contribution < 1.29 is 9.90 Å². The second kappa shape index (κ2) is 7.26. The Labute approximate surface area is 140 Å². The predicted octanol–water partition coefficient (Wildman–Crippen LogP) is 4.89. The maximum atomic E-state index is 11.7. The van der Waals surface area contributed by atoms with E-state index in [1.54, 1.807) is 6.92 Å². The number of benzene rings is 1. The van der Waals surface area contributed by atoms with Crippen LogP contribution in [0, 0.1) is 10.1 Å². The van der Waals surface area contributed by atoms with E-state index in [1.807, 2.05) is 38.1 Å². The Hall–Kier alpha value is -1.09. The minimum absolute atomic E-state index is 0.345. The smallest absolute Gasteiger partial charge is 0.313 e. The molecule has 0 aliphatic carbocycles. The molecule has 0 saturated heterocycles. The van der Waals surface area contributed by atoms with Gasteiger partial charge >= 0.3 is 5.97 Å². The highest BCUT2D eigenvalue weighted by atomic mass is 127. The molecular formula is C17H22INO2. The highest BCUT2D eigenvalue weighted by Crippen LogP contribution is 2.32. The molecular weight excluding hydrogens is 377 g/mol. The SMILES string of the molecule is [C-]#[N+]C(C)(C)CCCCC(C)(C(=O)O)c1cccc(I)c1. The van der Waals surface area contributed by atoms with Crippen LogP contribution in [-0.4, -0.2) is 16.6 Å². The summed E-state index contributed by atoms with van der Waals surface area (Å²) in [6, 6.07) is 7.70. The summed E-state index contributed by atoms with van der Waals surface area (Å²) in [6.45, 7) is 12.8. The van der Waals surface area contributed by atoms with Crippen molar-refractivity contribution in [2.45, 2.75) is 57.4 Å². The van der Waals surface area contributed by atoms with Crippen molar-refractivity contribution in [2.75, 3.05) is 0 Å². The van der Waals surface area contributed by atoms with Gasteiger partial charge in [-0.25, -0.2) is 6.57 Å². The largest absolute Gasteiger partial charge is 0.481 e. The number of carboxylic acids is 1. The second-order valence-electron chi connectivity index (χ2n) is 6.28. The lowest BCUT2D eigenvalue weighted by Crippen LogP contribution is -2.32. The Kier molecular flexibility index (Phi) is 6.21. The lowest BCUT2D eigenvalue weighted by Gasteiger charge is -2.26. The maximum Gasteiger partial charge on any atom is 0.313 e. The summed E-state index contributed by atoms with van der Waals surface area (Å²) in [4.78, 5) is 15.3. The van der Waals surface area contributed by atoms with Crippen LogP contribution in [0.4, 0.5) is 0 Å². The topological polar surface area (TPSA) is 41.7 Å². The number of carbonyl (C=O) groups is 1. The van der Waals surface area contributed by atoms with E-state index in [2.05, 4.69) is 27.4 Å². The summed E-state index contributed by atoms with van der Waals surface area (Å²) in [7, 11) is 0. The van der Waals surface area contributed by atoms with Gasteiger partial charge in [0.2, 0.25) is 5.54 Å². The fourth-order valence-corrected chi connectivity index (χ4v) is 2.84. The lowest BCUT2D eigenvalue weighted by molar-refractivity contribution is -0.143. The first-order chi connectivity index (χ1) is 9.71. The Bertz CT molecular complexity index is 548. The van der Waals surface area contributed by atoms with Gasteiger partial charge in [0, 0.05) is 23.8 Å². The Morgan fingerprint density at radius 3 is 2.43 bits per heavy atom. The summed E-state index contributed by atoms with van der Waals surface area (Å²) in [5.74, 6) is -0.783. The molecule has 1 aromatic rings. The van der Waals surface area contributed by atoms with Gasteiger partial charge in [0.1, 0.15) is 0 Å². The molecule has 0 heterocycles. The molecule has 1 N–H and O–H groups in total. The van der Waals surface area contributed by atoms with Gasteiger partial charge in [0.15, 0.2) is 0 Å². The average molecular weight is 399 g/mol. The van der Waals surface area contributed by atoms with Gasteiger partial charge in [-0.3, -0.25) is 4.79 Å². The molecule has 0 aliphatic rings. The van der Waals surface area contributed by atoms with Crippen molar-refractivity contribution in [3.8, 4) is 0 Å². The molecule has 0 bridgehead atoms. The number of hydrogen-bond acceptors (Lipinski definition) is 1. The van der Waals surface area contributed by atoms with Crippen LogP contribution in [0.2, 0.25) is 0 Å². The van der Waals surface area contributed by atoms with Gasteiger partial charge in [-0.1, -0.05) is 18.6 Å². The summed E-state index contributed by atoms with van der Waals surface area (Å²) in [6.07, 6.45) is 3.09. The molecule has 0 radical (unpaired) electrons. The van der Waals surface area contributed by atoms with Gasteiger partial charge in [-0.2, -0.15) is 0 Å². The van der Waals surface area contributed by atoms with Crippen LogP contribution in [0.15, 0.2) is 24.3 Å². The third-order valence-corrected chi connectivity index (χ3v) is 4.62. The molecule has 0 saturated carbocycles. The number of unbranched alkanes of at least 4 members (excludes halogenated alkanes) is 1. The standard InChI is InChI=1S/C17H22INO2/c1-16(2,19-4)10-5-6-11-17(3,15(20)21)13-8-7-9-14(18)12-13/h7-9,12H,5-6,10-11H2,1-3H3,(H,20,21). The van der Waals surface area contributed by atoms with E-state index in [9.17, 15) is 9.90 Å². The third kappa shape index (κ3) is 4.99. The molecule has 1 rings (SSSR count). The highest BCUT2D eigenvalue weighted by Gasteiger charge is 2.35. The van der Waals surface area contributed by atoms with Gasteiger partial charge in [0.25, 0.3) is 0 Å². The molecule has 0 aliphatic heterocycles. The molecule has 0 amide bonds. The number of carboxylic acid groups (broad SMARTS) is 1. The summed E-state index contributed by atoms with van der Waals surface area (Å²) in [5.41, 5.74) is -0.350.